The Morgan fingerprint density at radius 3 is 1.75 bits per heavy atom. The van der Waals surface area contributed by atoms with Gasteiger partial charge in [-0.3, -0.25) is 0 Å². The smallest absolute Gasteiger partial charge is 0.136 e. The first kappa shape index (κ1) is 22.4. The lowest BCUT2D eigenvalue weighted by atomic mass is 9.85. The predicted molar refractivity (Wildman–Crippen MR) is 162 cm³/mol. The first-order valence-electron chi connectivity index (χ1n) is 13.2. The van der Waals surface area contributed by atoms with E-state index in [1.807, 2.05) is 66.7 Å². The van der Waals surface area contributed by atoms with Crippen LogP contribution in [-0.4, -0.2) is 0 Å². The van der Waals surface area contributed by atoms with Crippen molar-refractivity contribution in [3.8, 4) is 39.4 Å². The molecule has 0 aliphatic rings. The molecule has 2 aromatic heterocycles. The zero-order valence-electron chi connectivity index (χ0n) is 21.4. The Labute approximate surface area is 230 Å². The Hall–Kier alpha value is -5.59. The summed E-state index contributed by atoms with van der Waals surface area (Å²) in [6.07, 6.45) is 0. The standard InChI is InChI=1S/C37H21NO2/c38-22-25-8-1-2-9-28(25)37-26(23-17-19-35-32(20-23)30-11-4-6-15-34(30)39-35)12-7-13-27(37)24-16-18-31-29-10-3-5-14-33(29)40-36(31)21-24/h1-21H. The average Bonchev–Trinajstić information content (AvgIpc) is 3.58. The zero-order valence-corrected chi connectivity index (χ0v) is 21.4. The van der Waals surface area contributed by atoms with Gasteiger partial charge in [-0.15, -0.1) is 0 Å². The summed E-state index contributed by atoms with van der Waals surface area (Å²) in [6, 6.07) is 45.5. The van der Waals surface area contributed by atoms with Gasteiger partial charge in [0, 0.05) is 27.1 Å². The molecule has 0 N–H and O–H groups in total. The van der Waals surface area contributed by atoms with Gasteiger partial charge >= 0.3 is 0 Å². The number of hydrogen-bond acceptors (Lipinski definition) is 3. The molecule has 40 heavy (non-hydrogen) atoms. The third-order valence-corrected chi connectivity index (χ3v) is 7.76. The van der Waals surface area contributed by atoms with E-state index in [9.17, 15) is 5.26 Å². The van der Waals surface area contributed by atoms with Crippen molar-refractivity contribution in [3.63, 3.8) is 0 Å². The van der Waals surface area contributed by atoms with Crippen LogP contribution in [-0.2, 0) is 0 Å². The number of rotatable bonds is 3. The molecule has 0 radical (unpaired) electrons. The molecule has 3 heteroatoms. The summed E-state index contributed by atoms with van der Waals surface area (Å²) in [4.78, 5) is 0. The van der Waals surface area contributed by atoms with Crippen molar-refractivity contribution in [1.29, 1.82) is 5.26 Å². The highest BCUT2D eigenvalue weighted by Gasteiger charge is 2.19. The Kier molecular flexibility index (Phi) is 4.89. The highest BCUT2D eigenvalue weighted by molar-refractivity contribution is 6.09. The van der Waals surface area contributed by atoms with Gasteiger partial charge < -0.3 is 8.83 Å². The molecule has 2 heterocycles. The fourth-order valence-electron chi connectivity index (χ4n) is 5.91. The van der Waals surface area contributed by atoms with Crippen LogP contribution in [0.2, 0.25) is 0 Å². The number of hydrogen-bond donors (Lipinski definition) is 0. The quantitative estimate of drug-likeness (QED) is 0.237. The lowest BCUT2D eigenvalue weighted by Crippen LogP contribution is -1.93. The van der Waals surface area contributed by atoms with Crippen LogP contribution >= 0.6 is 0 Å². The van der Waals surface area contributed by atoms with E-state index in [4.69, 9.17) is 8.83 Å². The minimum Gasteiger partial charge on any atom is -0.456 e. The van der Waals surface area contributed by atoms with Crippen LogP contribution in [0.3, 0.4) is 0 Å². The number of para-hydroxylation sites is 2. The van der Waals surface area contributed by atoms with Gasteiger partial charge in [-0.25, -0.2) is 0 Å². The molecule has 0 aliphatic carbocycles. The van der Waals surface area contributed by atoms with E-state index >= 15 is 0 Å². The number of nitrogens with zero attached hydrogens (tertiary/aromatic N) is 1. The normalized spacial score (nSPS) is 11.5. The third-order valence-electron chi connectivity index (χ3n) is 7.76. The predicted octanol–water partition coefficient (Wildman–Crippen LogP) is 10.4. The van der Waals surface area contributed by atoms with Gasteiger partial charge in [-0.05, 0) is 70.3 Å². The molecule has 8 rings (SSSR count). The topological polar surface area (TPSA) is 50.1 Å². The van der Waals surface area contributed by atoms with E-state index in [2.05, 4.69) is 66.7 Å². The van der Waals surface area contributed by atoms with Gasteiger partial charge in [0.2, 0.25) is 0 Å². The molecule has 8 aromatic rings. The first-order valence-corrected chi connectivity index (χ1v) is 13.2. The Balaban J connectivity index is 1.41. The average molecular weight is 512 g/mol. The van der Waals surface area contributed by atoms with Crippen molar-refractivity contribution in [1.82, 2.24) is 0 Å². The second-order valence-electron chi connectivity index (χ2n) is 10.0. The van der Waals surface area contributed by atoms with Gasteiger partial charge in [-0.1, -0.05) is 84.9 Å². The van der Waals surface area contributed by atoms with E-state index in [1.165, 1.54) is 0 Å². The van der Waals surface area contributed by atoms with E-state index in [-0.39, 0.29) is 0 Å². The van der Waals surface area contributed by atoms with Crippen molar-refractivity contribution in [2.24, 2.45) is 0 Å². The van der Waals surface area contributed by atoms with Crippen molar-refractivity contribution in [2.45, 2.75) is 0 Å². The van der Waals surface area contributed by atoms with Crippen LogP contribution in [0.4, 0.5) is 0 Å². The summed E-state index contributed by atoms with van der Waals surface area (Å²) in [7, 11) is 0. The monoisotopic (exact) mass is 511 g/mol. The van der Waals surface area contributed by atoms with Crippen LogP contribution < -0.4 is 0 Å². The summed E-state index contributed by atoms with van der Waals surface area (Å²) in [5.41, 5.74) is 10.2. The second-order valence-corrected chi connectivity index (χ2v) is 10.0. The summed E-state index contributed by atoms with van der Waals surface area (Å²) < 4.78 is 12.3. The molecule has 0 spiro atoms. The molecule has 0 aliphatic heterocycles. The number of nitriles is 1. The molecule has 0 saturated carbocycles. The Morgan fingerprint density at radius 1 is 0.425 bits per heavy atom. The number of benzene rings is 6. The summed E-state index contributed by atoms with van der Waals surface area (Å²) in [6.45, 7) is 0. The van der Waals surface area contributed by atoms with Gasteiger partial charge in [-0.2, -0.15) is 5.26 Å². The molecule has 0 saturated heterocycles. The van der Waals surface area contributed by atoms with Gasteiger partial charge in [0.1, 0.15) is 22.3 Å². The minimum atomic E-state index is 0.635. The lowest BCUT2D eigenvalue weighted by molar-refractivity contribution is 0.668. The van der Waals surface area contributed by atoms with E-state index < -0.39 is 0 Å². The Morgan fingerprint density at radius 2 is 0.975 bits per heavy atom. The van der Waals surface area contributed by atoms with E-state index in [0.717, 1.165) is 77.3 Å². The van der Waals surface area contributed by atoms with Crippen LogP contribution in [0.5, 0.6) is 0 Å². The van der Waals surface area contributed by atoms with Crippen LogP contribution in [0, 0.1) is 11.3 Å². The minimum absolute atomic E-state index is 0.635. The Bertz CT molecular complexity index is 2290. The molecule has 186 valence electrons. The van der Waals surface area contributed by atoms with Crippen molar-refractivity contribution >= 4 is 43.9 Å². The third kappa shape index (κ3) is 3.37. The SMILES string of the molecule is N#Cc1ccccc1-c1c(-c2ccc3c(c2)oc2ccccc23)cccc1-c1ccc2oc3ccccc3c2c1. The second kappa shape index (κ2) is 8.73. The van der Waals surface area contributed by atoms with E-state index in [1.54, 1.807) is 0 Å². The molecule has 6 aromatic carbocycles. The van der Waals surface area contributed by atoms with Gasteiger partial charge in [0.15, 0.2) is 0 Å². The van der Waals surface area contributed by atoms with Crippen LogP contribution in [0.1, 0.15) is 5.56 Å². The maximum atomic E-state index is 10.1. The maximum absolute atomic E-state index is 10.1. The van der Waals surface area contributed by atoms with Crippen LogP contribution in [0.15, 0.2) is 136 Å². The molecular formula is C37H21NO2. The largest absolute Gasteiger partial charge is 0.456 e. The van der Waals surface area contributed by atoms with Crippen LogP contribution in [0.25, 0.3) is 77.3 Å². The highest BCUT2D eigenvalue weighted by Crippen LogP contribution is 2.43. The summed E-state index contributed by atoms with van der Waals surface area (Å²) >= 11 is 0. The highest BCUT2D eigenvalue weighted by atomic mass is 16.3. The van der Waals surface area contributed by atoms with E-state index in [0.29, 0.717) is 5.56 Å². The molecule has 0 bridgehead atoms. The fourth-order valence-corrected chi connectivity index (χ4v) is 5.91. The number of fused-ring (bicyclic) bond motifs is 6. The molecule has 0 atom stereocenters. The molecular weight excluding hydrogens is 490 g/mol. The molecule has 0 amide bonds. The van der Waals surface area contributed by atoms with Crippen molar-refractivity contribution in [3.05, 3.63) is 133 Å². The number of furan rings is 2. The van der Waals surface area contributed by atoms with Crippen molar-refractivity contribution < 1.29 is 8.83 Å². The lowest BCUT2D eigenvalue weighted by Gasteiger charge is -2.17. The van der Waals surface area contributed by atoms with Crippen molar-refractivity contribution in [2.75, 3.05) is 0 Å². The zero-order chi connectivity index (χ0) is 26.6. The fraction of sp³-hybridized carbons (Fsp3) is 0. The maximum Gasteiger partial charge on any atom is 0.136 e. The van der Waals surface area contributed by atoms with Gasteiger partial charge in [0.25, 0.3) is 0 Å². The summed E-state index contributed by atoms with van der Waals surface area (Å²) in [5, 5.41) is 14.4. The summed E-state index contributed by atoms with van der Waals surface area (Å²) in [5.74, 6) is 0. The molecule has 3 nitrogen and oxygen atoms in total. The molecule has 0 unspecified atom stereocenters. The van der Waals surface area contributed by atoms with Gasteiger partial charge in [0.05, 0.1) is 11.6 Å². The first-order chi connectivity index (χ1) is 19.8. The molecule has 0 fully saturated rings.